The Kier molecular flexibility index (Phi) is 8.86. The monoisotopic (exact) mass is 667 g/mol. The van der Waals surface area contributed by atoms with Crippen LogP contribution >= 0.6 is 0 Å². The molecule has 7 nitrogen and oxygen atoms in total. The second kappa shape index (κ2) is 11.8. The quantitative estimate of drug-likeness (QED) is 0.210. The Labute approximate surface area is 290 Å². The first-order valence-corrected chi connectivity index (χ1v) is 19.3. The standard InChI is InChI=1S/C41H65NO6/c1-25(2)27-12-18-41(22-32(44)42-21-15-26(43)24-42)20-19-39(8)28(34(27)41)10-11-30-38(7)16-14-31(48-33(45)23-36(3,4)35(46)47)37(5,6)29(38)13-17-40(30,39)9/h26-31,34,43H,1,10-24H2,2-9H3,(H,46,47)/t26-,27+,28-,29+,30-,31+,34-,38+,39-,40-,41-/m1/s1. The highest BCUT2D eigenvalue weighted by Gasteiger charge is 2.71. The number of allylic oxidation sites excluding steroid dienone is 1. The average molecular weight is 668 g/mol. The van der Waals surface area contributed by atoms with E-state index in [0.717, 1.165) is 38.5 Å². The number of amides is 1. The zero-order chi connectivity index (χ0) is 35.2. The summed E-state index contributed by atoms with van der Waals surface area (Å²) in [6, 6.07) is 0. The number of aliphatic hydroxyl groups excluding tert-OH is 1. The Morgan fingerprint density at radius 2 is 1.58 bits per heavy atom. The number of hydrogen-bond donors (Lipinski definition) is 2. The Hall–Kier alpha value is -1.89. The molecule has 48 heavy (non-hydrogen) atoms. The number of rotatable bonds is 7. The maximum atomic E-state index is 13.8. The highest BCUT2D eigenvalue weighted by Crippen LogP contribution is 2.78. The van der Waals surface area contributed by atoms with E-state index in [4.69, 9.17) is 4.74 Å². The van der Waals surface area contributed by atoms with Crippen LogP contribution in [0.5, 0.6) is 0 Å². The van der Waals surface area contributed by atoms with Crippen molar-refractivity contribution in [2.24, 2.45) is 62.1 Å². The molecule has 0 aromatic heterocycles. The van der Waals surface area contributed by atoms with Crippen molar-refractivity contribution in [3.05, 3.63) is 12.2 Å². The van der Waals surface area contributed by atoms with Crippen molar-refractivity contribution < 1.29 is 29.3 Å². The van der Waals surface area contributed by atoms with Crippen LogP contribution in [0, 0.1) is 62.1 Å². The Bertz CT molecular complexity index is 1340. The Morgan fingerprint density at radius 1 is 0.875 bits per heavy atom. The van der Waals surface area contributed by atoms with Crippen LogP contribution in [-0.2, 0) is 19.1 Å². The van der Waals surface area contributed by atoms with E-state index in [1.54, 1.807) is 13.8 Å². The highest BCUT2D eigenvalue weighted by atomic mass is 16.5. The van der Waals surface area contributed by atoms with E-state index in [-0.39, 0.29) is 51.6 Å². The van der Waals surface area contributed by atoms with Gasteiger partial charge in [0.25, 0.3) is 0 Å². The lowest BCUT2D eigenvalue weighted by atomic mass is 9.32. The molecule has 1 heterocycles. The van der Waals surface area contributed by atoms with Crippen molar-refractivity contribution >= 4 is 17.8 Å². The number of likely N-dealkylation sites (tertiary alicyclic amines) is 1. The van der Waals surface area contributed by atoms with Gasteiger partial charge < -0.3 is 19.8 Å². The summed E-state index contributed by atoms with van der Waals surface area (Å²) in [5.41, 5.74) is 0.480. The number of ether oxygens (including phenoxy) is 1. The molecule has 6 fully saturated rings. The van der Waals surface area contributed by atoms with Crippen LogP contribution in [0.1, 0.15) is 139 Å². The van der Waals surface area contributed by atoms with Crippen LogP contribution in [0.15, 0.2) is 12.2 Å². The van der Waals surface area contributed by atoms with Gasteiger partial charge in [-0.15, -0.1) is 0 Å². The lowest BCUT2D eigenvalue weighted by Gasteiger charge is -2.73. The van der Waals surface area contributed by atoms with Gasteiger partial charge in [0.2, 0.25) is 5.91 Å². The van der Waals surface area contributed by atoms with E-state index in [1.165, 1.54) is 31.3 Å². The van der Waals surface area contributed by atoms with Gasteiger partial charge in [0.1, 0.15) is 6.10 Å². The van der Waals surface area contributed by atoms with Crippen LogP contribution in [0.2, 0.25) is 0 Å². The van der Waals surface area contributed by atoms with Crippen molar-refractivity contribution in [2.45, 2.75) is 151 Å². The van der Waals surface area contributed by atoms with E-state index in [9.17, 15) is 24.6 Å². The van der Waals surface area contributed by atoms with Gasteiger partial charge in [0.15, 0.2) is 0 Å². The van der Waals surface area contributed by atoms with Gasteiger partial charge in [0.05, 0.1) is 17.9 Å². The molecule has 5 aliphatic carbocycles. The third kappa shape index (κ3) is 5.32. The molecular weight excluding hydrogens is 602 g/mol. The number of β-amino-alcohol motifs (C(OH)–C–C–N with tert-alkyl or cyclic N) is 1. The van der Waals surface area contributed by atoms with Crippen LogP contribution in [0.4, 0.5) is 0 Å². The minimum atomic E-state index is -1.14. The van der Waals surface area contributed by atoms with E-state index in [1.807, 2.05) is 4.90 Å². The minimum Gasteiger partial charge on any atom is -0.481 e. The summed E-state index contributed by atoms with van der Waals surface area (Å²) in [6.45, 7) is 23.5. The van der Waals surface area contributed by atoms with Gasteiger partial charge in [-0.05, 0) is 143 Å². The molecule has 7 heteroatoms. The summed E-state index contributed by atoms with van der Waals surface area (Å²) >= 11 is 0. The molecule has 0 aromatic carbocycles. The largest absolute Gasteiger partial charge is 0.481 e. The fourth-order valence-corrected chi connectivity index (χ4v) is 13.8. The van der Waals surface area contributed by atoms with Crippen LogP contribution < -0.4 is 0 Å². The molecule has 5 saturated carbocycles. The summed E-state index contributed by atoms with van der Waals surface area (Å²) in [5.74, 6) is 1.40. The number of aliphatic carboxylic acids is 1. The van der Waals surface area contributed by atoms with Crippen LogP contribution in [0.3, 0.4) is 0 Å². The smallest absolute Gasteiger partial charge is 0.309 e. The fraction of sp³-hybridized carbons (Fsp3) is 0.878. The SMILES string of the molecule is C=C(C)[C@@H]1CC[C@]2(CC(=O)N3CC[C@@H](O)C3)CC[C@]3(C)[C@H](CC[C@@H]4[C@@]5(C)CC[C@H](OC(=O)CC(C)(C)C(=O)O)C(C)(C)[C@@H]5CC[C@]43C)[C@@H]12. The summed E-state index contributed by atoms with van der Waals surface area (Å²) in [7, 11) is 0. The van der Waals surface area contributed by atoms with Crippen molar-refractivity contribution in [2.75, 3.05) is 13.1 Å². The van der Waals surface area contributed by atoms with E-state index < -0.39 is 17.4 Å². The number of carboxylic acid groups (broad SMARTS) is 1. The maximum Gasteiger partial charge on any atom is 0.309 e. The molecule has 0 aromatic rings. The second-order valence-electron chi connectivity index (χ2n) is 19.7. The van der Waals surface area contributed by atoms with Gasteiger partial charge >= 0.3 is 11.9 Å². The van der Waals surface area contributed by atoms with Crippen LogP contribution in [0.25, 0.3) is 0 Å². The lowest BCUT2D eigenvalue weighted by molar-refractivity contribution is -0.250. The zero-order valence-corrected chi connectivity index (χ0v) is 31.3. The maximum absolute atomic E-state index is 13.8. The first-order valence-electron chi connectivity index (χ1n) is 19.3. The Morgan fingerprint density at radius 3 is 2.21 bits per heavy atom. The topological polar surface area (TPSA) is 104 Å². The van der Waals surface area contributed by atoms with Crippen LogP contribution in [-0.4, -0.2) is 58.3 Å². The molecule has 270 valence electrons. The first-order chi connectivity index (χ1) is 22.2. The number of carbonyl (C=O) groups is 3. The van der Waals surface area contributed by atoms with Gasteiger partial charge in [-0.2, -0.15) is 0 Å². The zero-order valence-electron chi connectivity index (χ0n) is 31.3. The predicted molar refractivity (Wildman–Crippen MR) is 187 cm³/mol. The van der Waals surface area contributed by atoms with E-state index in [0.29, 0.717) is 55.5 Å². The minimum absolute atomic E-state index is 0.0296. The Balaban J connectivity index is 1.25. The third-order valence-corrected chi connectivity index (χ3v) is 16.6. The number of fused-ring (bicyclic) bond motifs is 7. The molecule has 6 rings (SSSR count). The molecule has 11 atom stereocenters. The molecule has 0 radical (unpaired) electrons. The molecule has 1 amide bonds. The van der Waals surface area contributed by atoms with E-state index >= 15 is 0 Å². The summed E-state index contributed by atoms with van der Waals surface area (Å²) in [4.78, 5) is 40.5. The lowest BCUT2D eigenvalue weighted by Crippen LogP contribution is -2.67. The number of carboxylic acids is 1. The van der Waals surface area contributed by atoms with Crippen molar-refractivity contribution in [1.82, 2.24) is 4.90 Å². The fourth-order valence-electron chi connectivity index (χ4n) is 13.8. The molecule has 0 spiro atoms. The molecule has 6 aliphatic rings. The molecule has 1 saturated heterocycles. The number of aliphatic hydroxyl groups is 1. The number of nitrogens with zero attached hydrogens (tertiary/aromatic N) is 1. The predicted octanol–water partition coefficient (Wildman–Crippen LogP) is 8.04. The van der Waals surface area contributed by atoms with Crippen molar-refractivity contribution in [3.8, 4) is 0 Å². The number of carbonyl (C=O) groups excluding carboxylic acids is 2. The van der Waals surface area contributed by atoms with Gasteiger partial charge in [-0.1, -0.05) is 46.8 Å². The number of esters is 1. The summed E-state index contributed by atoms with van der Waals surface area (Å²) < 4.78 is 6.17. The normalized spacial score (nSPS) is 44.9. The molecule has 0 bridgehead atoms. The third-order valence-electron chi connectivity index (χ3n) is 16.6. The van der Waals surface area contributed by atoms with Gasteiger partial charge in [-0.25, -0.2) is 0 Å². The van der Waals surface area contributed by atoms with Gasteiger partial charge in [0, 0.05) is 24.9 Å². The second-order valence-corrected chi connectivity index (χ2v) is 19.7. The van der Waals surface area contributed by atoms with Crippen molar-refractivity contribution in [1.29, 1.82) is 0 Å². The average Bonchev–Trinajstić information content (AvgIpc) is 3.59. The molecular formula is C41H65NO6. The van der Waals surface area contributed by atoms with Crippen molar-refractivity contribution in [3.63, 3.8) is 0 Å². The van der Waals surface area contributed by atoms with E-state index in [2.05, 4.69) is 48.1 Å². The summed E-state index contributed by atoms with van der Waals surface area (Å²) in [6.07, 6.45) is 11.7. The van der Waals surface area contributed by atoms with Gasteiger partial charge in [-0.3, -0.25) is 14.4 Å². The molecule has 2 N–H and O–H groups in total. The first kappa shape index (κ1) is 35.9. The highest BCUT2D eigenvalue weighted by molar-refractivity contribution is 5.81. The molecule has 0 unspecified atom stereocenters. The molecule has 1 aliphatic heterocycles. The summed E-state index contributed by atoms with van der Waals surface area (Å²) in [5, 5.41) is 19.8. The number of hydrogen-bond acceptors (Lipinski definition) is 5.